The highest BCUT2D eigenvalue weighted by Gasteiger charge is 2.04. The third kappa shape index (κ3) is 4.96. The van der Waals surface area contributed by atoms with Crippen molar-refractivity contribution in [3.63, 3.8) is 0 Å². The van der Waals surface area contributed by atoms with Crippen molar-refractivity contribution in [3.8, 4) is 5.75 Å². The van der Waals surface area contributed by atoms with Crippen molar-refractivity contribution in [1.82, 2.24) is 5.43 Å². The predicted molar refractivity (Wildman–Crippen MR) is 85.3 cm³/mol. The Hall–Kier alpha value is -3.15. The molecule has 2 aromatic carbocycles. The molecule has 0 unspecified atom stereocenters. The first-order valence-corrected chi connectivity index (χ1v) is 6.86. The number of hydrazone groups is 1. The standard InChI is InChI=1S/C17H16N2O4/c1-23-17(22)14-6-2-13(3-7-14)11-18-19-16(21)10-12-4-8-15(20)9-5-12/h2-9,11,20H,10H2,1H3,(H,19,21)/b18-11+. The number of phenolic OH excluding ortho intramolecular Hbond substituents is 1. The normalized spacial score (nSPS) is 10.5. The van der Waals surface area contributed by atoms with E-state index in [0.717, 1.165) is 11.1 Å². The SMILES string of the molecule is COC(=O)c1ccc(/C=N/NC(=O)Cc2ccc(O)cc2)cc1. The summed E-state index contributed by atoms with van der Waals surface area (Å²) >= 11 is 0. The number of esters is 1. The van der Waals surface area contributed by atoms with Gasteiger partial charge in [-0.15, -0.1) is 0 Å². The summed E-state index contributed by atoms with van der Waals surface area (Å²) in [6, 6.07) is 13.0. The molecular weight excluding hydrogens is 296 g/mol. The van der Waals surface area contributed by atoms with Crippen LogP contribution in [0.2, 0.25) is 0 Å². The molecule has 0 aliphatic heterocycles. The van der Waals surface area contributed by atoms with Crippen LogP contribution < -0.4 is 5.43 Å². The molecule has 0 bridgehead atoms. The van der Waals surface area contributed by atoms with Crippen LogP contribution in [-0.4, -0.2) is 30.3 Å². The van der Waals surface area contributed by atoms with Gasteiger partial charge in [-0.05, 0) is 35.4 Å². The van der Waals surface area contributed by atoms with Gasteiger partial charge in [0, 0.05) is 0 Å². The van der Waals surface area contributed by atoms with Gasteiger partial charge in [-0.25, -0.2) is 10.2 Å². The molecule has 2 rings (SSSR count). The Kier molecular flexibility index (Phi) is 5.46. The van der Waals surface area contributed by atoms with E-state index in [0.29, 0.717) is 5.56 Å². The second-order valence-corrected chi connectivity index (χ2v) is 4.75. The number of hydrogen-bond donors (Lipinski definition) is 2. The van der Waals surface area contributed by atoms with Gasteiger partial charge in [0.15, 0.2) is 0 Å². The van der Waals surface area contributed by atoms with E-state index < -0.39 is 5.97 Å². The van der Waals surface area contributed by atoms with E-state index in [-0.39, 0.29) is 18.1 Å². The summed E-state index contributed by atoms with van der Waals surface area (Å²) in [6.45, 7) is 0. The molecule has 0 saturated heterocycles. The van der Waals surface area contributed by atoms with Gasteiger partial charge < -0.3 is 9.84 Å². The van der Waals surface area contributed by atoms with Crippen LogP contribution in [0.5, 0.6) is 5.75 Å². The molecule has 0 radical (unpaired) electrons. The van der Waals surface area contributed by atoms with Gasteiger partial charge in [0.25, 0.3) is 0 Å². The molecule has 23 heavy (non-hydrogen) atoms. The van der Waals surface area contributed by atoms with Crippen molar-refractivity contribution >= 4 is 18.1 Å². The van der Waals surface area contributed by atoms with Crippen molar-refractivity contribution in [2.24, 2.45) is 5.10 Å². The van der Waals surface area contributed by atoms with E-state index in [1.165, 1.54) is 25.5 Å². The number of methoxy groups -OCH3 is 1. The molecule has 0 saturated carbocycles. The zero-order valence-corrected chi connectivity index (χ0v) is 12.5. The van der Waals surface area contributed by atoms with Gasteiger partial charge in [-0.2, -0.15) is 5.10 Å². The average molecular weight is 312 g/mol. The fourth-order valence-corrected chi connectivity index (χ4v) is 1.84. The lowest BCUT2D eigenvalue weighted by atomic mass is 10.1. The molecule has 0 fully saturated rings. The third-order valence-corrected chi connectivity index (χ3v) is 3.04. The van der Waals surface area contributed by atoms with E-state index >= 15 is 0 Å². The molecule has 0 heterocycles. The van der Waals surface area contributed by atoms with Gasteiger partial charge in [-0.1, -0.05) is 24.3 Å². The lowest BCUT2D eigenvalue weighted by Crippen LogP contribution is -2.19. The summed E-state index contributed by atoms with van der Waals surface area (Å²) in [5.41, 5.74) is 4.38. The molecule has 0 spiro atoms. The molecule has 0 atom stereocenters. The highest BCUT2D eigenvalue weighted by Crippen LogP contribution is 2.09. The number of rotatable bonds is 5. The Bertz CT molecular complexity index is 706. The van der Waals surface area contributed by atoms with Crippen molar-refractivity contribution in [3.05, 3.63) is 65.2 Å². The smallest absolute Gasteiger partial charge is 0.337 e. The number of benzene rings is 2. The maximum Gasteiger partial charge on any atom is 0.337 e. The number of carbonyl (C=O) groups is 2. The molecule has 0 aliphatic carbocycles. The van der Waals surface area contributed by atoms with Gasteiger partial charge in [0.05, 0.1) is 25.3 Å². The summed E-state index contributed by atoms with van der Waals surface area (Å²) in [7, 11) is 1.32. The van der Waals surface area contributed by atoms with E-state index in [1.54, 1.807) is 36.4 Å². The predicted octanol–water partition coefficient (Wildman–Crippen LogP) is 1.87. The van der Waals surface area contributed by atoms with Gasteiger partial charge in [-0.3, -0.25) is 4.79 Å². The van der Waals surface area contributed by atoms with E-state index in [9.17, 15) is 14.7 Å². The maximum atomic E-state index is 11.7. The number of hydrogen-bond acceptors (Lipinski definition) is 5. The van der Waals surface area contributed by atoms with Crippen LogP contribution in [0.15, 0.2) is 53.6 Å². The third-order valence-electron chi connectivity index (χ3n) is 3.04. The molecule has 1 amide bonds. The van der Waals surface area contributed by atoms with E-state index in [4.69, 9.17) is 0 Å². The highest BCUT2D eigenvalue weighted by molar-refractivity contribution is 5.90. The number of amides is 1. The quantitative estimate of drug-likeness (QED) is 0.501. The molecule has 6 heteroatoms. The minimum absolute atomic E-state index is 0.155. The number of carbonyl (C=O) groups excluding carboxylic acids is 2. The van der Waals surface area contributed by atoms with Crippen molar-refractivity contribution in [2.75, 3.05) is 7.11 Å². The minimum atomic E-state index is -0.407. The van der Waals surface area contributed by atoms with Crippen LogP contribution in [-0.2, 0) is 16.0 Å². The van der Waals surface area contributed by atoms with E-state index in [1.807, 2.05) is 0 Å². The lowest BCUT2D eigenvalue weighted by molar-refractivity contribution is -0.120. The minimum Gasteiger partial charge on any atom is -0.508 e. The Morgan fingerprint density at radius 1 is 1.13 bits per heavy atom. The van der Waals surface area contributed by atoms with Crippen molar-refractivity contribution in [2.45, 2.75) is 6.42 Å². The zero-order valence-electron chi connectivity index (χ0n) is 12.5. The van der Waals surface area contributed by atoms with E-state index in [2.05, 4.69) is 15.3 Å². The van der Waals surface area contributed by atoms with Crippen LogP contribution >= 0.6 is 0 Å². The number of aromatic hydroxyl groups is 1. The Morgan fingerprint density at radius 3 is 2.39 bits per heavy atom. The van der Waals surface area contributed by atoms with Crippen LogP contribution in [0.1, 0.15) is 21.5 Å². The molecule has 2 aromatic rings. The zero-order chi connectivity index (χ0) is 16.7. The summed E-state index contributed by atoms with van der Waals surface area (Å²) in [6.07, 6.45) is 1.65. The van der Waals surface area contributed by atoms with Crippen LogP contribution in [0.3, 0.4) is 0 Å². The summed E-state index contributed by atoms with van der Waals surface area (Å²) < 4.78 is 4.61. The molecule has 0 aromatic heterocycles. The van der Waals surface area contributed by atoms with Gasteiger partial charge in [0.2, 0.25) is 5.91 Å². The largest absolute Gasteiger partial charge is 0.508 e. The second-order valence-electron chi connectivity index (χ2n) is 4.75. The molecular formula is C17H16N2O4. The summed E-state index contributed by atoms with van der Waals surface area (Å²) in [5.74, 6) is -0.517. The maximum absolute atomic E-state index is 11.7. The van der Waals surface area contributed by atoms with Crippen LogP contribution in [0.4, 0.5) is 0 Å². The fourth-order valence-electron chi connectivity index (χ4n) is 1.84. The lowest BCUT2D eigenvalue weighted by Gasteiger charge is -2.01. The molecule has 118 valence electrons. The second kappa shape index (κ2) is 7.74. The van der Waals surface area contributed by atoms with Crippen LogP contribution in [0.25, 0.3) is 0 Å². The summed E-state index contributed by atoms with van der Waals surface area (Å²) in [4.78, 5) is 23.0. The number of ether oxygens (including phenoxy) is 1. The van der Waals surface area contributed by atoms with Crippen molar-refractivity contribution < 1.29 is 19.4 Å². The van der Waals surface area contributed by atoms with Crippen LogP contribution in [0, 0.1) is 0 Å². The molecule has 6 nitrogen and oxygen atoms in total. The highest BCUT2D eigenvalue weighted by atomic mass is 16.5. The first kappa shape index (κ1) is 16.2. The Balaban J connectivity index is 1.87. The average Bonchev–Trinajstić information content (AvgIpc) is 2.57. The van der Waals surface area contributed by atoms with Gasteiger partial charge in [0.1, 0.15) is 5.75 Å². The van der Waals surface area contributed by atoms with Crippen molar-refractivity contribution in [1.29, 1.82) is 0 Å². The van der Waals surface area contributed by atoms with Gasteiger partial charge >= 0.3 is 5.97 Å². The number of phenols is 1. The molecule has 2 N–H and O–H groups in total. The first-order chi connectivity index (χ1) is 11.1. The summed E-state index contributed by atoms with van der Waals surface area (Å²) in [5, 5.41) is 13.0. The molecule has 0 aliphatic rings. The number of nitrogens with one attached hydrogen (secondary N) is 1. The monoisotopic (exact) mass is 312 g/mol. The Labute approximate surface area is 133 Å². The Morgan fingerprint density at radius 2 is 1.78 bits per heavy atom. The topological polar surface area (TPSA) is 88.0 Å². The number of nitrogens with zero attached hydrogens (tertiary/aromatic N) is 1. The fraction of sp³-hybridized carbons (Fsp3) is 0.118. The first-order valence-electron chi connectivity index (χ1n) is 6.86.